The van der Waals surface area contributed by atoms with Gasteiger partial charge in [-0.2, -0.15) is 5.26 Å². The molecule has 0 fully saturated rings. The fourth-order valence-corrected chi connectivity index (χ4v) is 3.87. The van der Waals surface area contributed by atoms with E-state index in [9.17, 15) is 20.0 Å². The van der Waals surface area contributed by atoms with E-state index in [-0.39, 0.29) is 34.1 Å². The van der Waals surface area contributed by atoms with Crippen molar-refractivity contribution in [2.75, 3.05) is 19.1 Å². The number of nitrogens with zero attached hydrogens (tertiary/aromatic N) is 2. The van der Waals surface area contributed by atoms with Crippen molar-refractivity contribution >= 4 is 17.6 Å². The zero-order valence-electron chi connectivity index (χ0n) is 18.2. The zero-order valence-corrected chi connectivity index (χ0v) is 18.2. The van der Waals surface area contributed by atoms with E-state index in [2.05, 4.69) is 6.07 Å². The molecule has 0 bridgehead atoms. The molecule has 8 nitrogen and oxygen atoms in total. The van der Waals surface area contributed by atoms with Gasteiger partial charge in [0.25, 0.3) is 0 Å². The number of allylic oxidation sites excluding steroid dienone is 1. The first-order valence-electron chi connectivity index (χ1n) is 9.72. The second kappa shape index (κ2) is 8.86. The van der Waals surface area contributed by atoms with Gasteiger partial charge in [-0.25, -0.2) is 9.59 Å². The number of carbonyl (C=O) groups is 2. The molecule has 1 aliphatic heterocycles. The van der Waals surface area contributed by atoms with Crippen LogP contribution in [0.25, 0.3) is 0 Å². The molecule has 8 heteroatoms. The number of nitriles is 1. The van der Waals surface area contributed by atoms with Gasteiger partial charge in [-0.1, -0.05) is 36.4 Å². The van der Waals surface area contributed by atoms with Crippen molar-refractivity contribution in [3.05, 3.63) is 81.8 Å². The average Bonchev–Trinajstić information content (AvgIpc) is 2.80. The maximum Gasteiger partial charge on any atom is 0.355 e. The number of ether oxygens (including phenoxy) is 2. The van der Waals surface area contributed by atoms with Crippen molar-refractivity contribution in [2.24, 2.45) is 5.73 Å². The van der Waals surface area contributed by atoms with E-state index in [0.29, 0.717) is 11.1 Å². The molecule has 1 aliphatic rings. The van der Waals surface area contributed by atoms with E-state index in [0.717, 1.165) is 5.56 Å². The highest BCUT2D eigenvalue weighted by molar-refractivity contribution is 6.06. The van der Waals surface area contributed by atoms with Gasteiger partial charge in [0.05, 0.1) is 43.0 Å². The highest BCUT2D eigenvalue weighted by Gasteiger charge is 2.43. The number of aromatic hydroxyl groups is 1. The number of phenolic OH excluding ortho intramolecular Hbond substituents is 1. The van der Waals surface area contributed by atoms with Crippen LogP contribution < -0.4 is 10.6 Å². The fraction of sp³-hybridized carbons (Fsp3) is 0.208. The Morgan fingerprint density at radius 2 is 1.72 bits per heavy atom. The number of rotatable bonds is 4. The van der Waals surface area contributed by atoms with Gasteiger partial charge in [0.2, 0.25) is 0 Å². The molecular weight excluding hydrogens is 410 g/mol. The van der Waals surface area contributed by atoms with Crippen molar-refractivity contribution < 1.29 is 24.2 Å². The quantitative estimate of drug-likeness (QED) is 0.705. The largest absolute Gasteiger partial charge is 0.505 e. The van der Waals surface area contributed by atoms with E-state index in [4.69, 9.17) is 15.2 Å². The predicted octanol–water partition coefficient (Wildman–Crippen LogP) is 2.91. The summed E-state index contributed by atoms with van der Waals surface area (Å²) in [6, 6.07) is 14.1. The number of phenols is 1. The van der Waals surface area contributed by atoms with Crippen molar-refractivity contribution in [2.45, 2.75) is 19.8 Å². The lowest BCUT2D eigenvalue weighted by Gasteiger charge is -2.36. The summed E-state index contributed by atoms with van der Waals surface area (Å²) in [6.45, 7) is 3.50. The Morgan fingerprint density at radius 1 is 1.09 bits per heavy atom. The molecule has 0 saturated heterocycles. The zero-order chi connectivity index (χ0) is 23.6. The number of hydrogen-bond donors (Lipinski definition) is 2. The summed E-state index contributed by atoms with van der Waals surface area (Å²) in [7, 11) is 2.35. The molecule has 1 unspecified atom stereocenters. The van der Waals surface area contributed by atoms with Gasteiger partial charge in [0.1, 0.15) is 17.3 Å². The Labute approximate surface area is 185 Å². The lowest BCUT2D eigenvalue weighted by Crippen LogP contribution is -2.40. The summed E-state index contributed by atoms with van der Waals surface area (Å²) in [5.74, 6) is -2.92. The van der Waals surface area contributed by atoms with Crippen molar-refractivity contribution in [1.29, 1.82) is 5.26 Å². The highest BCUT2D eigenvalue weighted by Crippen LogP contribution is 2.45. The Kier molecular flexibility index (Phi) is 6.21. The van der Waals surface area contributed by atoms with Crippen LogP contribution in [-0.4, -0.2) is 31.3 Å². The van der Waals surface area contributed by atoms with Gasteiger partial charge < -0.3 is 20.3 Å². The van der Waals surface area contributed by atoms with Gasteiger partial charge in [-0.3, -0.25) is 4.90 Å². The number of aryl methyl sites for hydroxylation is 2. The van der Waals surface area contributed by atoms with Crippen molar-refractivity contribution in [3.63, 3.8) is 0 Å². The van der Waals surface area contributed by atoms with Crippen LogP contribution in [0.15, 0.2) is 65.1 Å². The second-order valence-corrected chi connectivity index (χ2v) is 7.28. The monoisotopic (exact) mass is 433 g/mol. The van der Waals surface area contributed by atoms with Crippen LogP contribution in [0.3, 0.4) is 0 Å². The van der Waals surface area contributed by atoms with Crippen LogP contribution in [0.4, 0.5) is 5.69 Å². The molecule has 3 N–H and O–H groups in total. The number of benzene rings is 2. The molecule has 0 aliphatic carbocycles. The Balaban J connectivity index is 2.47. The third-order valence-corrected chi connectivity index (χ3v) is 5.28. The minimum atomic E-state index is -0.966. The third-order valence-electron chi connectivity index (χ3n) is 5.28. The van der Waals surface area contributed by atoms with Crippen LogP contribution in [0.5, 0.6) is 5.75 Å². The minimum Gasteiger partial charge on any atom is -0.505 e. The molecule has 164 valence electrons. The minimum absolute atomic E-state index is 0.0304. The molecule has 0 aromatic heterocycles. The first-order valence-corrected chi connectivity index (χ1v) is 9.72. The molecule has 0 radical (unpaired) electrons. The molecule has 0 amide bonds. The maximum atomic E-state index is 13.0. The molecule has 0 spiro atoms. The van der Waals surface area contributed by atoms with E-state index in [1.54, 1.807) is 56.3 Å². The Morgan fingerprint density at radius 3 is 2.28 bits per heavy atom. The number of anilines is 1. The van der Waals surface area contributed by atoms with Crippen LogP contribution in [0.2, 0.25) is 0 Å². The number of methoxy groups -OCH3 is 2. The molecule has 1 atom stereocenters. The molecule has 1 heterocycles. The Bertz CT molecular complexity index is 1190. The van der Waals surface area contributed by atoms with E-state index in [1.165, 1.54) is 19.1 Å². The van der Waals surface area contributed by atoms with E-state index >= 15 is 0 Å². The standard InChI is InChI=1S/C24H23N3O5/c1-13-10-14(2)21(28)17(11-13)27-20(24(30)32-4)19(23(29)31-3)18(16(12-25)22(27)26)15-8-6-5-7-9-15/h5-11,18,28H,26H2,1-4H3. The van der Waals surface area contributed by atoms with Gasteiger partial charge in [0.15, 0.2) is 0 Å². The van der Waals surface area contributed by atoms with Gasteiger partial charge in [0, 0.05) is 0 Å². The van der Waals surface area contributed by atoms with Crippen LogP contribution in [0, 0.1) is 25.2 Å². The summed E-state index contributed by atoms with van der Waals surface area (Å²) in [4.78, 5) is 27.2. The molecule has 3 rings (SSSR count). The summed E-state index contributed by atoms with van der Waals surface area (Å²) in [5.41, 5.74) is 8.12. The number of esters is 2. The molecular formula is C24H23N3O5. The SMILES string of the molecule is COC(=O)C1=C(C(=O)OC)N(c2cc(C)cc(C)c2O)C(N)=C(C#N)C1c1ccccc1. The number of nitrogens with two attached hydrogens (primary N) is 1. The summed E-state index contributed by atoms with van der Waals surface area (Å²) in [5, 5.41) is 20.8. The average molecular weight is 433 g/mol. The summed E-state index contributed by atoms with van der Waals surface area (Å²) < 4.78 is 9.97. The summed E-state index contributed by atoms with van der Waals surface area (Å²) in [6.07, 6.45) is 0. The molecule has 32 heavy (non-hydrogen) atoms. The molecule has 2 aromatic carbocycles. The lowest BCUT2D eigenvalue weighted by molar-refractivity contribution is -0.139. The second-order valence-electron chi connectivity index (χ2n) is 7.28. The Hall–Kier alpha value is -4.25. The normalized spacial score (nSPS) is 16.0. The van der Waals surface area contributed by atoms with Crippen LogP contribution >= 0.6 is 0 Å². The van der Waals surface area contributed by atoms with Gasteiger partial charge in [-0.15, -0.1) is 0 Å². The maximum absolute atomic E-state index is 13.0. The lowest BCUT2D eigenvalue weighted by atomic mass is 9.81. The fourth-order valence-electron chi connectivity index (χ4n) is 3.87. The van der Waals surface area contributed by atoms with Crippen LogP contribution in [-0.2, 0) is 19.1 Å². The summed E-state index contributed by atoms with van der Waals surface area (Å²) >= 11 is 0. The highest BCUT2D eigenvalue weighted by atomic mass is 16.5. The molecule has 0 saturated carbocycles. The van der Waals surface area contributed by atoms with Crippen molar-refractivity contribution in [1.82, 2.24) is 0 Å². The molecule has 2 aromatic rings. The first kappa shape index (κ1) is 22.4. The first-order chi connectivity index (χ1) is 15.3. The number of carbonyl (C=O) groups excluding carboxylic acids is 2. The third kappa shape index (κ3) is 3.65. The van der Waals surface area contributed by atoms with Crippen LogP contribution in [0.1, 0.15) is 22.6 Å². The topological polar surface area (TPSA) is 126 Å². The van der Waals surface area contributed by atoms with Gasteiger partial charge in [-0.05, 0) is 36.6 Å². The van der Waals surface area contributed by atoms with Gasteiger partial charge >= 0.3 is 11.9 Å². The predicted molar refractivity (Wildman–Crippen MR) is 117 cm³/mol. The van der Waals surface area contributed by atoms with E-state index in [1.807, 2.05) is 0 Å². The van der Waals surface area contributed by atoms with Crippen molar-refractivity contribution in [3.8, 4) is 11.8 Å². The van der Waals surface area contributed by atoms with E-state index < -0.39 is 17.9 Å². The number of hydrogen-bond acceptors (Lipinski definition) is 8. The smallest absolute Gasteiger partial charge is 0.355 e.